The summed E-state index contributed by atoms with van der Waals surface area (Å²) in [6.45, 7) is -0.189. The Labute approximate surface area is 127 Å². The number of hydrogen-bond acceptors (Lipinski definition) is 4. The zero-order chi connectivity index (χ0) is 17.0. The highest BCUT2D eigenvalue weighted by atomic mass is 19.2. The number of ether oxygens (including phenoxy) is 1. The fraction of sp³-hybridized carbons (Fsp3) is 0.0714. The summed E-state index contributed by atoms with van der Waals surface area (Å²) in [5.74, 6) is -5.11. The molecule has 2 rings (SSSR count). The van der Waals surface area contributed by atoms with E-state index in [0.717, 1.165) is 0 Å². The van der Waals surface area contributed by atoms with Crippen molar-refractivity contribution in [3.63, 3.8) is 0 Å². The lowest BCUT2D eigenvalue weighted by Gasteiger charge is -2.09. The first-order valence-electron chi connectivity index (χ1n) is 6.19. The first-order valence-corrected chi connectivity index (χ1v) is 6.19. The van der Waals surface area contributed by atoms with Gasteiger partial charge in [0.05, 0.1) is 4.92 Å². The lowest BCUT2D eigenvalue weighted by atomic mass is 10.2. The second-order valence-corrected chi connectivity index (χ2v) is 4.32. The quantitative estimate of drug-likeness (QED) is 0.527. The van der Waals surface area contributed by atoms with E-state index in [1.165, 1.54) is 0 Å². The van der Waals surface area contributed by atoms with E-state index >= 15 is 0 Å². The van der Waals surface area contributed by atoms with Crippen molar-refractivity contribution < 1.29 is 27.6 Å². The van der Waals surface area contributed by atoms with E-state index < -0.39 is 39.8 Å². The van der Waals surface area contributed by atoms with Crippen molar-refractivity contribution in [2.45, 2.75) is 6.61 Å². The Hall–Kier alpha value is -3.10. The molecule has 120 valence electrons. The Morgan fingerprint density at radius 3 is 2.43 bits per heavy atom. The van der Waals surface area contributed by atoms with E-state index in [9.17, 15) is 28.1 Å². The van der Waals surface area contributed by atoms with Crippen LogP contribution >= 0.6 is 0 Å². The molecule has 0 aromatic heterocycles. The molecule has 0 aliphatic carbocycles. The summed E-state index contributed by atoms with van der Waals surface area (Å²) in [6.07, 6.45) is -1.25. The van der Waals surface area contributed by atoms with Gasteiger partial charge in [0.2, 0.25) is 5.82 Å². The molecule has 0 radical (unpaired) electrons. The van der Waals surface area contributed by atoms with Gasteiger partial charge in [-0.2, -0.15) is 4.39 Å². The summed E-state index contributed by atoms with van der Waals surface area (Å²) in [5, 5.41) is 12.5. The largest absolute Gasteiger partial charge is 0.444 e. The third-order valence-electron chi connectivity index (χ3n) is 2.77. The van der Waals surface area contributed by atoms with Crippen LogP contribution in [0.3, 0.4) is 0 Å². The number of benzene rings is 2. The maximum atomic E-state index is 13.6. The standard InChI is InChI=1S/C14H9F3N2O4/c15-9-6-10(16)12(13(11(9)17)19(21)22)18-14(20)23-7-8-4-2-1-3-5-8/h1-6H,7H2,(H,18,20). The van der Waals surface area contributed by atoms with Gasteiger partial charge in [-0.3, -0.25) is 15.4 Å². The number of nitro benzene ring substituents is 1. The smallest absolute Gasteiger partial charge is 0.412 e. The van der Waals surface area contributed by atoms with Gasteiger partial charge in [-0.25, -0.2) is 13.6 Å². The number of nitrogens with zero attached hydrogens (tertiary/aromatic N) is 1. The summed E-state index contributed by atoms with van der Waals surface area (Å²) < 4.78 is 44.8. The van der Waals surface area contributed by atoms with Crippen molar-refractivity contribution in [1.29, 1.82) is 0 Å². The van der Waals surface area contributed by atoms with Crippen LogP contribution in [0.15, 0.2) is 36.4 Å². The Kier molecular flexibility index (Phi) is 4.79. The monoisotopic (exact) mass is 326 g/mol. The molecular formula is C14H9F3N2O4. The average molecular weight is 326 g/mol. The molecule has 0 aliphatic heterocycles. The molecule has 0 unspecified atom stereocenters. The predicted octanol–water partition coefficient (Wildman–Crippen LogP) is 3.76. The average Bonchev–Trinajstić information content (AvgIpc) is 2.51. The highest BCUT2D eigenvalue weighted by Gasteiger charge is 2.29. The molecule has 0 saturated heterocycles. The lowest BCUT2D eigenvalue weighted by Crippen LogP contribution is -2.16. The van der Waals surface area contributed by atoms with Crippen LogP contribution in [0.25, 0.3) is 0 Å². The van der Waals surface area contributed by atoms with Gasteiger partial charge in [-0.05, 0) is 5.56 Å². The molecule has 0 saturated carbocycles. The van der Waals surface area contributed by atoms with Crippen molar-refractivity contribution in [1.82, 2.24) is 0 Å². The van der Waals surface area contributed by atoms with E-state index in [4.69, 9.17) is 4.74 Å². The highest BCUT2D eigenvalue weighted by Crippen LogP contribution is 2.32. The van der Waals surface area contributed by atoms with Gasteiger partial charge in [0.1, 0.15) is 6.61 Å². The lowest BCUT2D eigenvalue weighted by molar-refractivity contribution is -0.387. The Morgan fingerprint density at radius 2 is 1.83 bits per heavy atom. The van der Waals surface area contributed by atoms with Gasteiger partial charge in [0.15, 0.2) is 17.3 Å². The van der Waals surface area contributed by atoms with Gasteiger partial charge in [-0.1, -0.05) is 30.3 Å². The zero-order valence-electron chi connectivity index (χ0n) is 11.4. The minimum absolute atomic E-state index is 0.0924. The number of amides is 1. The SMILES string of the molecule is O=C(Nc1c(F)cc(F)c(F)c1[N+](=O)[O-])OCc1ccccc1. The molecule has 0 fully saturated rings. The molecule has 6 nitrogen and oxygen atoms in total. The van der Waals surface area contributed by atoms with Crippen molar-refractivity contribution in [2.24, 2.45) is 0 Å². The fourth-order valence-electron chi connectivity index (χ4n) is 1.73. The van der Waals surface area contributed by atoms with Crippen LogP contribution in [0, 0.1) is 27.6 Å². The third-order valence-corrected chi connectivity index (χ3v) is 2.77. The number of carbonyl (C=O) groups excluding carboxylic acids is 1. The Morgan fingerprint density at radius 1 is 1.17 bits per heavy atom. The number of rotatable bonds is 4. The second kappa shape index (κ2) is 6.77. The zero-order valence-corrected chi connectivity index (χ0v) is 11.4. The number of anilines is 1. The molecule has 9 heteroatoms. The number of nitrogens with one attached hydrogen (secondary N) is 1. The van der Waals surface area contributed by atoms with Gasteiger partial charge in [-0.15, -0.1) is 0 Å². The highest BCUT2D eigenvalue weighted by molar-refractivity contribution is 5.88. The predicted molar refractivity (Wildman–Crippen MR) is 73.2 cm³/mol. The molecule has 0 aliphatic rings. The third kappa shape index (κ3) is 3.76. The molecule has 0 atom stereocenters. The Bertz CT molecular complexity index is 753. The topological polar surface area (TPSA) is 81.5 Å². The fourth-order valence-corrected chi connectivity index (χ4v) is 1.73. The minimum Gasteiger partial charge on any atom is -0.444 e. The van der Waals surface area contributed by atoms with Gasteiger partial charge >= 0.3 is 11.8 Å². The molecule has 0 spiro atoms. The molecular weight excluding hydrogens is 317 g/mol. The molecule has 2 aromatic rings. The summed E-state index contributed by atoms with van der Waals surface area (Å²) in [6, 6.07) is 8.51. The van der Waals surface area contributed by atoms with E-state index in [1.807, 2.05) is 0 Å². The van der Waals surface area contributed by atoms with Gasteiger partial charge in [0, 0.05) is 6.07 Å². The number of carbonyl (C=O) groups is 1. The van der Waals surface area contributed by atoms with Crippen molar-refractivity contribution in [2.75, 3.05) is 5.32 Å². The number of nitro groups is 1. The normalized spacial score (nSPS) is 10.2. The first kappa shape index (κ1) is 16.3. The van der Waals surface area contributed by atoms with Crippen molar-refractivity contribution in [3.05, 3.63) is 69.5 Å². The summed E-state index contributed by atoms with van der Waals surface area (Å²) in [5.41, 5.74) is -2.01. The van der Waals surface area contributed by atoms with E-state index in [1.54, 1.807) is 35.6 Å². The van der Waals surface area contributed by atoms with E-state index in [2.05, 4.69) is 0 Å². The molecule has 2 aromatic carbocycles. The molecule has 1 amide bonds. The number of halogens is 3. The van der Waals surface area contributed by atoms with Crippen molar-refractivity contribution in [3.8, 4) is 0 Å². The van der Waals surface area contributed by atoms with Crippen LogP contribution in [-0.4, -0.2) is 11.0 Å². The second-order valence-electron chi connectivity index (χ2n) is 4.32. The maximum Gasteiger partial charge on any atom is 0.412 e. The molecule has 0 heterocycles. The van der Waals surface area contributed by atoms with Crippen LogP contribution in [-0.2, 0) is 11.3 Å². The van der Waals surface area contributed by atoms with Gasteiger partial charge in [0.25, 0.3) is 0 Å². The summed E-state index contributed by atoms with van der Waals surface area (Å²) in [4.78, 5) is 21.0. The van der Waals surface area contributed by atoms with Crippen LogP contribution in [0.2, 0.25) is 0 Å². The van der Waals surface area contributed by atoms with Crippen LogP contribution in [0.4, 0.5) is 29.3 Å². The Balaban J connectivity index is 2.18. The molecule has 0 bridgehead atoms. The van der Waals surface area contributed by atoms with E-state index in [-0.39, 0.29) is 12.7 Å². The number of hydrogen-bond donors (Lipinski definition) is 1. The summed E-state index contributed by atoms with van der Waals surface area (Å²) >= 11 is 0. The van der Waals surface area contributed by atoms with E-state index in [0.29, 0.717) is 5.56 Å². The van der Waals surface area contributed by atoms with Crippen LogP contribution in [0.1, 0.15) is 5.56 Å². The molecule has 1 N–H and O–H groups in total. The summed E-state index contributed by atoms with van der Waals surface area (Å²) in [7, 11) is 0. The minimum atomic E-state index is -1.88. The van der Waals surface area contributed by atoms with Crippen LogP contribution in [0.5, 0.6) is 0 Å². The molecule has 23 heavy (non-hydrogen) atoms. The maximum absolute atomic E-state index is 13.6. The first-order chi connectivity index (χ1) is 10.9. The van der Waals surface area contributed by atoms with Gasteiger partial charge < -0.3 is 4.74 Å². The van der Waals surface area contributed by atoms with Crippen molar-refractivity contribution >= 4 is 17.5 Å². The van der Waals surface area contributed by atoms with Crippen LogP contribution < -0.4 is 5.32 Å².